The zero-order valence-electron chi connectivity index (χ0n) is 12.6. The minimum Gasteiger partial charge on any atom is -0.496 e. The van der Waals surface area contributed by atoms with Crippen molar-refractivity contribution in [2.24, 2.45) is 0 Å². The molecule has 0 fully saturated rings. The number of nitrogens with one attached hydrogen (secondary N) is 1. The minimum absolute atomic E-state index is 0.109. The lowest BCUT2D eigenvalue weighted by Gasteiger charge is -2.27. The Morgan fingerprint density at radius 1 is 1.25 bits per heavy atom. The Balaban J connectivity index is 2.78. The Labute approximate surface area is 129 Å². The average molecular weight is 348 g/mol. The van der Waals surface area contributed by atoms with Gasteiger partial charge in [0, 0.05) is 25.3 Å². The first-order valence-electron chi connectivity index (χ1n) is 6.65. The number of rotatable bonds is 8. The SMILES string of the molecule is COCCNCCC(C)(C)c1cc(Br)c(F)cc1OC. The molecule has 0 aliphatic heterocycles. The molecule has 0 aliphatic carbocycles. The lowest BCUT2D eigenvalue weighted by Crippen LogP contribution is -2.28. The molecule has 0 aromatic heterocycles. The molecule has 0 atom stereocenters. The van der Waals surface area contributed by atoms with Crippen LogP contribution in [0.1, 0.15) is 25.8 Å². The second kappa shape index (κ2) is 7.96. The zero-order chi connectivity index (χ0) is 15.2. The lowest BCUT2D eigenvalue weighted by molar-refractivity contribution is 0.198. The van der Waals surface area contributed by atoms with E-state index in [0.717, 1.165) is 25.1 Å². The molecule has 0 saturated heterocycles. The lowest BCUT2D eigenvalue weighted by atomic mass is 9.81. The van der Waals surface area contributed by atoms with Crippen molar-refractivity contribution in [2.75, 3.05) is 33.9 Å². The topological polar surface area (TPSA) is 30.5 Å². The van der Waals surface area contributed by atoms with E-state index in [1.165, 1.54) is 6.07 Å². The Hall–Kier alpha value is -0.650. The van der Waals surface area contributed by atoms with Crippen LogP contribution in [0.5, 0.6) is 5.75 Å². The maximum Gasteiger partial charge on any atom is 0.141 e. The number of hydrogen-bond acceptors (Lipinski definition) is 3. The van der Waals surface area contributed by atoms with Gasteiger partial charge in [-0.2, -0.15) is 0 Å². The van der Waals surface area contributed by atoms with Crippen molar-refractivity contribution in [3.05, 3.63) is 28.0 Å². The molecule has 0 amide bonds. The monoisotopic (exact) mass is 347 g/mol. The summed E-state index contributed by atoms with van der Waals surface area (Å²) in [6, 6.07) is 3.24. The molecule has 0 bridgehead atoms. The Morgan fingerprint density at radius 2 is 1.95 bits per heavy atom. The van der Waals surface area contributed by atoms with E-state index in [-0.39, 0.29) is 11.2 Å². The van der Waals surface area contributed by atoms with Crippen LogP contribution in [0.15, 0.2) is 16.6 Å². The Bertz CT molecular complexity index is 438. The molecule has 1 rings (SSSR count). The fraction of sp³-hybridized carbons (Fsp3) is 0.600. The van der Waals surface area contributed by atoms with E-state index in [2.05, 4.69) is 35.1 Å². The first kappa shape index (κ1) is 17.4. The van der Waals surface area contributed by atoms with Gasteiger partial charge in [0.2, 0.25) is 0 Å². The Kier molecular flexibility index (Phi) is 6.92. The second-order valence-corrected chi connectivity index (χ2v) is 6.20. The van der Waals surface area contributed by atoms with Crippen LogP contribution in [-0.4, -0.2) is 33.9 Å². The summed E-state index contributed by atoms with van der Waals surface area (Å²) in [7, 11) is 3.26. The number of methoxy groups -OCH3 is 2. The normalized spacial score (nSPS) is 11.7. The van der Waals surface area contributed by atoms with Crippen LogP contribution in [0.4, 0.5) is 4.39 Å². The van der Waals surface area contributed by atoms with Crippen LogP contribution in [0.25, 0.3) is 0 Å². The van der Waals surface area contributed by atoms with Crippen LogP contribution in [-0.2, 0) is 10.2 Å². The highest BCUT2D eigenvalue weighted by atomic mass is 79.9. The largest absolute Gasteiger partial charge is 0.496 e. The van der Waals surface area contributed by atoms with Crippen molar-refractivity contribution < 1.29 is 13.9 Å². The third kappa shape index (κ3) is 4.72. The van der Waals surface area contributed by atoms with E-state index in [9.17, 15) is 4.39 Å². The summed E-state index contributed by atoms with van der Waals surface area (Å²) in [4.78, 5) is 0. The molecule has 114 valence electrons. The molecule has 0 aliphatic rings. The zero-order valence-corrected chi connectivity index (χ0v) is 14.1. The van der Waals surface area contributed by atoms with Gasteiger partial charge in [0.25, 0.3) is 0 Å². The molecule has 1 N–H and O–H groups in total. The van der Waals surface area contributed by atoms with Crippen LogP contribution in [0.2, 0.25) is 0 Å². The first-order valence-corrected chi connectivity index (χ1v) is 7.45. The molecule has 0 radical (unpaired) electrons. The summed E-state index contributed by atoms with van der Waals surface area (Å²) in [5.74, 6) is 0.284. The smallest absolute Gasteiger partial charge is 0.141 e. The summed E-state index contributed by atoms with van der Waals surface area (Å²) in [5, 5.41) is 3.32. The standard InChI is InChI=1S/C15H23BrFNO2/c1-15(2,5-6-18-7-8-19-3)11-9-12(16)13(17)10-14(11)20-4/h9-10,18H,5-8H2,1-4H3. The van der Waals surface area contributed by atoms with E-state index in [0.29, 0.717) is 16.8 Å². The van der Waals surface area contributed by atoms with Crippen molar-refractivity contribution in [1.82, 2.24) is 5.32 Å². The third-order valence-corrected chi connectivity index (χ3v) is 3.99. The first-order chi connectivity index (χ1) is 9.42. The van der Waals surface area contributed by atoms with Gasteiger partial charge in [-0.1, -0.05) is 13.8 Å². The molecule has 5 heteroatoms. The summed E-state index contributed by atoms with van der Waals surface area (Å²) in [6.45, 7) is 6.66. The van der Waals surface area contributed by atoms with Crippen LogP contribution >= 0.6 is 15.9 Å². The second-order valence-electron chi connectivity index (χ2n) is 5.34. The molecule has 0 saturated carbocycles. The van der Waals surface area contributed by atoms with Gasteiger partial charge in [-0.3, -0.25) is 0 Å². The van der Waals surface area contributed by atoms with Gasteiger partial charge < -0.3 is 14.8 Å². The highest BCUT2D eigenvalue weighted by molar-refractivity contribution is 9.10. The van der Waals surface area contributed by atoms with Gasteiger partial charge in [-0.15, -0.1) is 0 Å². The van der Waals surface area contributed by atoms with Crippen molar-refractivity contribution in [3.8, 4) is 5.75 Å². The molecular weight excluding hydrogens is 325 g/mol. The summed E-state index contributed by atoms with van der Waals surface area (Å²) >= 11 is 3.24. The van der Waals surface area contributed by atoms with Crippen LogP contribution in [0, 0.1) is 5.82 Å². The van der Waals surface area contributed by atoms with Crippen LogP contribution < -0.4 is 10.1 Å². The number of benzene rings is 1. The summed E-state index contributed by atoms with van der Waals surface area (Å²) in [6.07, 6.45) is 0.922. The predicted molar refractivity (Wildman–Crippen MR) is 83.0 cm³/mol. The summed E-state index contributed by atoms with van der Waals surface area (Å²) < 4.78 is 24.3. The van der Waals surface area contributed by atoms with Gasteiger partial charge in [0.15, 0.2) is 0 Å². The van der Waals surface area contributed by atoms with E-state index < -0.39 is 0 Å². The highest BCUT2D eigenvalue weighted by Gasteiger charge is 2.25. The molecule has 0 unspecified atom stereocenters. The molecule has 20 heavy (non-hydrogen) atoms. The molecule has 3 nitrogen and oxygen atoms in total. The molecule has 1 aromatic carbocycles. The fourth-order valence-corrected chi connectivity index (χ4v) is 2.40. The van der Waals surface area contributed by atoms with E-state index in [1.54, 1.807) is 14.2 Å². The van der Waals surface area contributed by atoms with Gasteiger partial charge in [-0.05, 0) is 40.4 Å². The predicted octanol–water partition coefficient (Wildman–Crippen LogP) is 3.50. The van der Waals surface area contributed by atoms with Gasteiger partial charge in [0.1, 0.15) is 11.6 Å². The fourth-order valence-electron chi connectivity index (χ4n) is 2.06. The van der Waals surface area contributed by atoms with Gasteiger partial charge in [-0.25, -0.2) is 4.39 Å². The number of halogens is 2. The number of ether oxygens (including phenoxy) is 2. The molecule has 1 aromatic rings. The van der Waals surface area contributed by atoms with Crippen molar-refractivity contribution in [2.45, 2.75) is 25.7 Å². The average Bonchev–Trinajstić information content (AvgIpc) is 2.41. The maximum atomic E-state index is 13.6. The van der Waals surface area contributed by atoms with E-state index in [4.69, 9.17) is 9.47 Å². The van der Waals surface area contributed by atoms with Gasteiger partial charge >= 0.3 is 0 Å². The van der Waals surface area contributed by atoms with Crippen molar-refractivity contribution in [1.29, 1.82) is 0 Å². The highest BCUT2D eigenvalue weighted by Crippen LogP contribution is 2.37. The molecular formula is C15H23BrFNO2. The third-order valence-electron chi connectivity index (χ3n) is 3.38. The van der Waals surface area contributed by atoms with E-state index in [1.807, 2.05) is 6.07 Å². The maximum absolute atomic E-state index is 13.6. The minimum atomic E-state index is -0.306. The van der Waals surface area contributed by atoms with E-state index >= 15 is 0 Å². The van der Waals surface area contributed by atoms with Crippen LogP contribution in [0.3, 0.4) is 0 Å². The quantitative estimate of drug-likeness (QED) is 0.730. The molecule has 0 spiro atoms. The number of hydrogen-bond donors (Lipinski definition) is 1. The van der Waals surface area contributed by atoms with Crippen molar-refractivity contribution in [3.63, 3.8) is 0 Å². The summed E-state index contributed by atoms with van der Waals surface area (Å²) in [5.41, 5.74) is 0.892. The van der Waals surface area contributed by atoms with Crippen molar-refractivity contribution >= 4 is 15.9 Å². The van der Waals surface area contributed by atoms with Gasteiger partial charge in [0.05, 0.1) is 18.2 Å². The molecule has 0 heterocycles. The Morgan fingerprint density at radius 3 is 2.55 bits per heavy atom.